The summed E-state index contributed by atoms with van der Waals surface area (Å²) in [5.41, 5.74) is 1.31. The molecule has 1 saturated heterocycles. The van der Waals surface area contributed by atoms with Crippen LogP contribution < -0.4 is 10.3 Å². The Kier molecular flexibility index (Phi) is 3.36. The monoisotopic (exact) mass is 237 g/mol. The summed E-state index contributed by atoms with van der Waals surface area (Å²) in [6.07, 6.45) is 2.16. The van der Waals surface area contributed by atoms with E-state index in [4.69, 9.17) is 0 Å². The van der Waals surface area contributed by atoms with Crippen molar-refractivity contribution in [3.8, 4) is 0 Å². The van der Waals surface area contributed by atoms with Crippen molar-refractivity contribution in [3.63, 3.8) is 0 Å². The van der Waals surface area contributed by atoms with Crippen molar-refractivity contribution in [2.45, 2.75) is 0 Å². The third-order valence-corrected chi connectivity index (χ3v) is 2.98. The van der Waals surface area contributed by atoms with E-state index in [1.807, 2.05) is 0 Å². The van der Waals surface area contributed by atoms with Crippen molar-refractivity contribution in [1.82, 2.24) is 9.99 Å². The minimum absolute atomic E-state index is 0. The van der Waals surface area contributed by atoms with Crippen molar-refractivity contribution >= 4 is 23.3 Å². The summed E-state index contributed by atoms with van der Waals surface area (Å²) in [6, 6.07) is 10.7. The topological polar surface area (TPSA) is 20.2 Å². The molecule has 0 bridgehead atoms. The molecule has 0 unspecified atom stereocenters. The molecule has 0 spiro atoms. The second-order valence-electron chi connectivity index (χ2n) is 3.92. The van der Waals surface area contributed by atoms with Crippen molar-refractivity contribution in [1.29, 1.82) is 0 Å². The molecule has 1 aromatic heterocycles. The van der Waals surface area contributed by atoms with Crippen LogP contribution in [0.1, 0.15) is 0 Å². The van der Waals surface area contributed by atoms with Gasteiger partial charge in [-0.15, -0.1) is 12.4 Å². The van der Waals surface area contributed by atoms with E-state index in [1.165, 1.54) is 10.9 Å². The van der Waals surface area contributed by atoms with Crippen molar-refractivity contribution in [2.24, 2.45) is 0 Å². The van der Waals surface area contributed by atoms with E-state index in [-0.39, 0.29) is 12.4 Å². The van der Waals surface area contributed by atoms with Gasteiger partial charge in [0.2, 0.25) is 0 Å². The highest BCUT2D eigenvalue weighted by Gasteiger charge is 2.11. The van der Waals surface area contributed by atoms with Crippen LogP contribution in [0.2, 0.25) is 0 Å². The standard InChI is InChI=1S/C12H15N3.ClH/c1-2-4-12-11(3-1)5-8-15(12)14-9-6-13-7-10-14;/h1-5,8,13H,6-7,9-10H2;1H. The normalized spacial score (nSPS) is 16.1. The predicted octanol–water partition coefficient (Wildman–Crippen LogP) is 1.60. The van der Waals surface area contributed by atoms with Gasteiger partial charge >= 0.3 is 0 Å². The Morgan fingerprint density at radius 2 is 1.75 bits per heavy atom. The van der Waals surface area contributed by atoms with Crippen molar-refractivity contribution < 1.29 is 0 Å². The molecule has 0 atom stereocenters. The van der Waals surface area contributed by atoms with Crippen LogP contribution in [0.4, 0.5) is 0 Å². The summed E-state index contributed by atoms with van der Waals surface area (Å²) < 4.78 is 2.27. The van der Waals surface area contributed by atoms with Gasteiger partial charge in [0.15, 0.2) is 0 Å². The van der Waals surface area contributed by atoms with Crippen LogP contribution in [0.3, 0.4) is 0 Å². The number of hydrogen-bond donors (Lipinski definition) is 1. The zero-order chi connectivity index (χ0) is 10.1. The summed E-state index contributed by atoms with van der Waals surface area (Å²) in [6.45, 7) is 4.32. The van der Waals surface area contributed by atoms with Gasteiger partial charge in [0, 0.05) is 37.8 Å². The van der Waals surface area contributed by atoms with E-state index in [0.29, 0.717) is 0 Å². The van der Waals surface area contributed by atoms with Gasteiger partial charge in [-0.2, -0.15) is 0 Å². The van der Waals surface area contributed by atoms with Gasteiger partial charge in [-0.05, 0) is 12.1 Å². The molecule has 1 aliphatic rings. The molecule has 0 saturated carbocycles. The number of piperazine rings is 1. The molecule has 0 radical (unpaired) electrons. The Morgan fingerprint density at radius 3 is 2.56 bits per heavy atom. The van der Waals surface area contributed by atoms with Crippen LogP contribution in [0.15, 0.2) is 36.5 Å². The summed E-state index contributed by atoms with van der Waals surface area (Å²) in [5.74, 6) is 0. The summed E-state index contributed by atoms with van der Waals surface area (Å²) in [4.78, 5) is 0. The van der Waals surface area contributed by atoms with Crippen molar-refractivity contribution in [3.05, 3.63) is 36.5 Å². The largest absolute Gasteiger partial charge is 0.313 e. The maximum absolute atomic E-state index is 3.37. The Labute approximate surface area is 101 Å². The first-order valence-corrected chi connectivity index (χ1v) is 5.47. The van der Waals surface area contributed by atoms with Gasteiger partial charge in [-0.3, -0.25) is 4.68 Å². The van der Waals surface area contributed by atoms with E-state index in [2.05, 4.69) is 51.5 Å². The van der Waals surface area contributed by atoms with Gasteiger partial charge in [-0.25, -0.2) is 0 Å². The molecule has 86 valence electrons. The van der Waals surface area contributed by atoms with E-state index < -0.39 is 0 Å². The van der Waals surface area contributed by atoms with Gasteiger partial charge in [0.05, 0.1) is 5.52 Å². The first-order chi connectivity index (χ1) is 7.45. The molecule has 1 aliphatic heterocycles. The van der Waals surface area contributed by atoms with Crippen molar-refractivity contribution in [2.75, 3.05) is 31.2 Å². The van der Waals surface area contributed by atoms with E-state index in [1.54, 1.807) is 0 Å². The quantitative estimate of drug-likeness (QED) is 0.813. The highest BCUT2D eigenvalue weighted by atomic mass is 35.5. The fraction of sp³-hybridized carbons (Fsp3) is 0.333. The number of para-hydroxylation sites is 1. The maximum atomic E-state index is 3.37. The zero-order valence-electron chi connectivity index (χ0n) is 9.10. The molecule has 2 heterocycles. The van der Waals surface area contributed by atoms with E-state index >= 15 is 0 Å². The molecule has 4 heteroatoms. The molecule has 16 heavy (non-hydrogen) atoms. The number of benzene rings is 1. The van der Waals surface area contributed by atoms with Gasteiger partial charge in [0.25, 0.3) is 0 Å². The Hall–Kier alpha value is -1.19. The Balaban J connectivity index is 0.000000963. The zero-order valence-corrected chi connectivity index (χ0v) is 9.91. The van der Waals surface area contributed by atoms with Crippen LogP contribution >= 0.6 is 12.4 Å². The van der Waals surface area contributed by atoms with Crippen LogP contribution in [0.25, 0.3) is 10.9 Å². The Bertz CT molecular complexity index is 460. The third-order valence-electron chi connectivity index (χ3n) is 2.98. The van der Waals surface area contributed by atoms with Gasteiger partial charge in [0.1, 0.15) is 0 Å². The smallest absolute Gasteiger partial charge is 0.0694 e. The summed E-state index contributed by atoms with van der Waals surface area (Å²) >= 11 is 0. The highest BCUT2D eigenvalue weighted by Crippen LogP contribution is 2.15. The molecule has 2 aromatic rings. The predicted molar refractivity (Wildman–Crippen MR) is 70.0 cm³/mol. The van der Waals surface area contributed by atoms with Crippen LogP contribution in [0.5, 0.6) is 0 Å². The van der Waals surface area contributed by atoms with Gasteiger partial charge in [-0.1, -0.05) is 18.2 Å². The van der Waals surface area contributed by atoms with E-state index in [9.17, 15) is 0 Å². The lowest BCUT2D eigenvalue weighted by molar-refractivity contribution is 0.500. The summed E-state index contributed by atoms with van der Waals surface area (Å²) in [5, 5.41) is 7.07. The van der Waals surface area contributed by atoms with Crippen LogP contribution in [-0.2, 0) is 0 Å². The fourth-order valence-electron chi connectivity index (χ4n) is 2.18. The lowest BCUT2D eigenvalue weighted by Crippen LogP contribution is -2.48. The molecule has 3 nitrogen and oxygen atoms in total. The lowest BCUT2D eigenvalue weighted by Gasteiger charge is -2.31. The molecule has 1 N–H and O–H groups in total. The van der Waals surface area contributed by atoms with Gasteiger partial charge < -0.3 is 10.3 Å². The fourth-order valence-corrected chi connectivity index (χ4v) is 2.18. The van der Waals surface area contributed by atoms with Crippen LogP contribution in [0, 0.1) is 0 Å². The second kappa shape index (κ2) is 4.76. The summed E-state index contributed by atoms with van der Waals surface area (Å²) in [7, 11) is 0. The number of fused-ring (bicyclic) bond motifs is 1. The first-order valence-electron chi connectivity index (χ1n) is 5.47. The molecule has 3 rings (SSSR count). The lowest BCUT2D eigenvalue weighted by atomic mass is 10.2. The number of aromatic nitrogens is 1. The average Bonchev–Trinajstić information content (AvgIpc) is 2.74. The molecule has 0 aliphatic carbocycles. The number of hydrogen-bond acceptors (Lipinski definition) is 2. The second-order valence-corrected chi connectivity index (χ2v) is 3.92. The highest BCUT2D eigenvalue weighted by molar-refractivity contribution is 5.85. The molecular weight excluding hydrogens is 222 g/mol. The SMILES string of the molecule is Cl.c1ccc2c(c1)ccn2N1CCNCC1. The van der Waals surface area contributed by atoms with E-state index in [0.717, 1.165) is 26.2 Å². The Morgan fingerprint density at radius 1 is 1.00 bits per heavy atom. The number of nitrogens with zero attached hydrogens (tertiary/aromatic N) is 2. The third kappa shape index (κ3) is 1.88. The number of nitrogens with one attached hydrogen (secondary N) is 1. The minimum Gasteiger partial charge on any atom is -0.313 e. The number of rotatable bonds is 1. The first kappa shape index (κ1) is 11.3. The molecule has 0 amide bonds. The average molecular weight is 238 g/mol. The number of halogens is 1. The van der Waals surface area contributed by atoms with Crippen LogP contribution in [-0.4, -0.2) is 30.9 Å². The molecular formula is C12H16ClN3. The molecule has 1 aromatic carbocycles. The maximum Gasteiger partial charge on any atom is 0.0694 e. The molecule has 1 fully saturated rings. The minimum atomic E-state index is 0.